The Morgan fingerprint density at radius 2 is 1.93 bits per heavy atom. The lowest BCUT2D eigenvalue weighted by Crippen LogP contribution is -2.28. The van der Waals surface area contributed by atoms with Gasteiger partial charge in [-0.05, 0) is 70.0 Å². The van der Waals surface area contributed by atoms with E-state index in [9.17, 15) is 9.35 Å². The monoisotopic (exact) mass is 402 g/mol. The molecule has 1 atom stereocenters. The lowest BCUT2D eigenvalue weighted by Gasteiger charge is -2.19. The molecule has 1 aliphatic rings. The number of fused-ring (bicyclic) bond motifs is 1. The van der Waals surface area contributed by atoms with E-state index < -0.39 is 16.1 Å². The number of carbonyl (C=O) groups excluding carboxylic acids is 1. The van der Waals surface area contributed by atoms with Crippen molar-refractivity contribution in [2.24, 2.45) is 4.40 Å². The molecule has 0 aliphatic carbocycles. The molecule has 1 heterocycles. The van der Waals surface area contributed by atoms with Crippen molar-refractivity contribution in [2.75, 3.05) is 11.4 Å². The smallest absolute Gasteiger partial charge is 0.258 e. The first-order valence-electron chi connectivity index (χ1n) is 8.85. The number of halogens is 1. The zero-order valence-corrected chi connectivity index (χ0v) is 17.5. The van der Waals surface area contributed by atoms with E-state index in [4.69, 9.17) is 11.6 Å². The standard InChI is InChI=1S/C21H23ClN2O2S/c1-14(23-27(26)21(2,3)4)15-8-9-19-16(12-15)10-11-24(19)20(25)17-6-5-7-18(22)13-17/h5-9,12-13H,10-11H2,1-4H3/b23-14+/t27-/m1/s1. The zero-order valence-electron chi connectivity index (χ0n) is 16.0. The molecule has 6 heteroatoms. The molecular formula is C21H23ClN2O2S. The van der Waals surface area contributed by atoms with E-state index in [0.717, 1.165) is 28.9 Å². The highest BCUT2D eigenvalue weighted by atomic mass is 35.5. The average molecular weight is 403 g/mol. The molecule has 1 amide bonds. The van der Waals surface area contributed by atoms with Crippen LogP contribution in [0.15, 0.2) is 46.9 Å². The molecule has 142 valence electrons. The summed E-state index contributed by atoms with van der Waals surface area (Å²) < 4.78 is 16.2. The second kappa shape index (κ2) is 7.66. The van der Waals surface area contributed by atoms with Crippen LogP contribution in [0.4, 0.5) is 5.69 Å². The molecule has 2 aromatic carbocycles. The maximum Gasteiger partial charge on any atom is 0.258 e. The van der Waals surface area contributed by atoms with E-state index >= 15 is 0 Å². The van der Waals surface area contributed by atoms with Gasteiger partial charge >= 0.3 is 0 Å². The highest BCUT2D eigenvalue weighted by Crippen LogP contribution is 2.31. The van der Waals surface area contributed by atoms with Gasteiger partial charge in [0.05, 0.1) is 5.71 Å². The van der Waals surface area contributed by atoms with Crippen molar-refractivity contribution in [2.45, 2.75) is 38.9 Å². The molecule has 1 aliphatic heterocycles. The molecule has 0 aromatic heterocycles. The van der Waals surface area contributed by atoms with Crippen LogP contribution in [-0.4, -0.2) is 27.5 Å². The highest BCUT2D eigenvalue weighted by Gasteiger charge is 2.28. The van der Waals surface area contributed by atoms with Crippen molar-refractivity contribution >= 4 is 40.3 Å². The summed E-state index contributed by atoms with van der Waals surface area (Å²) in [6, 6.07) is 12.9. The number of anilines is 1. The first-order chi connectivity index (χ1) is 12.7. The van der Waals surface area contributed by atoms with E-state index in [1.165, 1.54) is 0 Å². The number of carbonyl (C=O) groups is 1. The molecule has 0 unspecified atom stereocenters. The van der Waals surface area contributed by atoms with Crippen molar-refractivity contribution < 1.29 is 9.35 Å². The second-order valence-corrected chi connectivity index (χ2v) is 9.94. The first kappa shape index (κ1) is 19.9. The summed E-state index contributed by atoms with van der Waals surface area (Å²) in [4.78, 5) is 14.6. The van der Waals surface area contributed by atoms with Gasteiger partial charge in [-0.2, -0.15) is 0 Å². The van der Waals surface area contributed by atoms with Gasteiger partial charge in [-0.3, -0.25) is 4.79 Å². The summed E-state index contributed by atoms with van der Waals surface area (Å²) in [5.41, 5.74) is 4.26. The fourth-order valence-electron chi connectivity index (χ4n) is 2.93. The van der Waals surface area contributed by atoms with E-state index in [0.29, 0.717) is 17.1 Å². The summed E-state index contributed by atoms with van der Waals surface area (Å²) in [7, 11) is 0. The Labute approximate surface area is 168 Å². The van der Waals surface area contributed by atoms with Gasteiger partial charge in [-0.1, -0.05) is 28.1 Å². The van der Waals surface area contributed by atoms with Crippen LogP contribution in [0.2, 0.25) is 5.02 Å². The minimum absolute atomic E-state index is 0.0526. The van der Waals surface area contributed by atoms with Gasteiger partial charge in [0, 0.05) is 28.4 Å². The van der Waals surface area contributed by atoms with Crippen LogP contribution in [0.25, 0.3) is 0 Å². The topological polar surface area (TPSA) is 55.7 Å². The lowest BCUT2D eigenvalue weighted by atomic mass is 10.1. The SMILES string of the molecule is C/C(=N\[S@+]([O-])C(C)(C)C)c1ccc2c(c1)CCN2C(=O)c1cccc(Cl)c1. The number of rotatable bonds is 3. The van der Waals surface area contributed by atoms with Crippen LogP contribution in [0.3, 0.4) is 0 Å². The van der Waals surface area contributed by atoms with Crippen LogP contribution >= 0.6 is 11.6 Å². The molecule has 0 saturated heterocycles. The fraction of sp³-hybridized carbons (Fsp3) is 0.333. The minimum atomic E-state index is -1.30. The van der Waals surface area contributed by atoms with Gasteiger partial charge in [0.25, 0.3) is 5.91 Å². The largest absolute Gasteiger partial charge is 0.591 e. The molecule has 0 fully saturated rings. The summed E-state index contributed by atoms with van der Waals surface area (Å²) in [5.74, 6) is -0.0526. The molecule has 0 spiro atoms. The Hall–Kier alpha value is -1.82. The predicted octanol–water partition coefficient (Wildman–Crippen LogP) is 4.81. The van der Waals surface area contributed by atoms with Crippen molar-refractivity contribution in [3.63, 3.8) is 0 Å². The van der Waals surface area contributed by atoms with Crippen LogP contribution in [0.5, 0.6) is 0 Å². The summed E-state index contributed by atoms with van der Waals surface area (Å²) in [6.45, 7) is 8.22. The van der Waals surface area contributed by atoms with Gasteiger partial charge in [0.2, 0.25) is 0 Å². The third kappa shape index (κ3) is 4.37. The van der Waals surface area contributed by atoms with E-state index in [2.05, 4.69) is 4.40 Å². The average Bonchev–Trinajstić information content (AvgIpc) is 3.03. The van der Waals surface area contributed by atoms with Crippen LogP contribution in [0.1, 0.15) is 49.2 Å². The van der Waals surface area contributed by atoms with Crippen molar-refractivity contribution in [3.8, 4) is 0 Å². The minimum Gasteiger partial charge on any atom is -0.591 e. The molecule has 27 heavy (non-hydrogen) atoms. The Kier molecular flexibility index (Phi) is 5.65. The number of amides is 1. The van der Waals surface area contributed by atoms with Crippen LogP contribution < -0.4 is 4.90 Å². The lowest BCUT2D eigenvalue weighted by molar-refractivity contribution is 0.0989. The van der Waals surface area contributed by atoms with Gasteiger partial charge in [-0.15, -0.1) is 0 Å². The number of benzene rings is 2. The Balaban J connectivity index is 1.85. The van der Waals surface area contributed by atoms with E-state index in [1.54, 1.807) is 29.2 Å². The molecule has 0 radical (unpaired) electrons. The van der Waals surface area contributed by atoms with Gasteiger partial charge in [0.1, 0.15) is 16.1 Å². The number of hydrogen-bond donors (Lipinski definition) is 0. The maximum absolute atomic E-state index is 12.8. The van der Waals surface area contributed by atoms with Crippen molar-refractivity contribution in [3.05, 3.63) is 64.2 Å². The molecule has 0 N–H and O–H groups in total. The summed E-state index contributed by atoms with van der Waals surface area (Å²) in [6.07, 6.45) is 0.783. The summed E-state index contributed by atoms with van der Waals surface area (Å²) in [5, 5.41) is 0.550. The van der Waals surface area contributed by atoms with E-state index in [-0.39, 0.29) is 5.91 Å². The Morgan fingerprint density at radius 3 is 2.59 bits per heavy atom. The predicted molar refractivity (Wildman–Crippen MR) is 113 cm³/mol. The van der Waals surface area contributed by atoms with Gasteiger partial charge in [-0.25, -0.2) is 0 Å². The fourth-order valence-corrected chi connectivity index (χ4v) is 3.75. The van der Waals surface area contributed by atoms with Crippen LogP contribution in [-0.2, 0) is 17.8 Å². The first-order valence-corrected chi connectivity index (χ1v) is 10.3. The highest BCUT2D eigenvalue weighted by molar-refractivity contribution is 7.91. The van der Waals surface area contributed by atoms with E-state index in [1.807, 2.05) is 45.9 Å². The molecule has 0 saturated carbocycles. The quantitative estimate of drug-likeness (QED) is 0.546. The zero-order chi connectivity index (χ0) is 19.8. The molecule has 2 aromatic rings. The third-order valence-electron chi connectivity index (χ3n) is 4.45. The van der Waals surface area contributed by atoms with Crippen molar-refractivity contribution in [1.82, 2.24) is 0 Å². The third-order valence-corrected chi connectivity index (χ3v) is 6.18. The van der Waals surface area contributed by atoms with Gasteiger partial charge < -0.3 is 9.45 Å². The van der Waals surface area contributed by atoms with Crippen molar-refractivity contribution in [1.29, 1.82) is 0 Å². The molecule has 0 bridgehead atoms. The summed E-state index contributed by atoms with van der Waals surface area (Å²) >= 11 is 4.72. The molecule has 3 rings (SSSR count). The molecular weight excluding hydrogens is 380 g/mol. The molecule has 4 nitrogen and oxygen atoms in total. The second-order valence-electron chi connectivity index (χ2n) is 7.60. The van der Waals surface area contributed by atoms with Crippen LogP contribution in [0, 0.1) is 0 Å². The Bertz CT molecular complexity index is 905. The number of hydrogen-bond acceptors (Lipinski definition) is 3. The normalized spacial score (nSPS) is 15.6. The maximum atomic E-state index is 12.8. The Morgan fingerprint density at radius 1 is 1.19 bits per heavy atom. The van der Waals surface area contributed by atoms with Gasteiger partial charge in [0.15, 0.2) is 0 Å². The number of nitrogens with zero attached hydrogens (tertiary/aromatic N) is 2.